The highest BCUT2D eigenvalue weighted by atomic mass is 16.4. The van der Waals surface area contributed by atoms with E-state index in [0.717, 1.165) is 17.7 Å². The number of carbonyl (C=O) groups is 1. The Morgan fingerprint density at radius 3 is 2.67 bits per heavy atom. The lowest BCUT2D eigenvalue weighted by molar-refractivity contribution is 0.0696. The zero-order valence-corrected chi connectivity index (χ0v) is 11.5. The van der Waals surface area contributed by atoms with Crippen LogP contribution in [0.5, 0.6) is 0 Å². The summed E-state index contributed by atoms with van der Waals surface area (Å²) in [5.41, 5.74) is 2.17. The van der Waals surface area contributed by atoms with E-state index in [4.69, 9.17) is 5.11 Å². The van der Waals surface area contributed by atoms with Crippen molar-refractivity contribution in [1.29, 1.82) is 0 Å². The maximum atomic E-state index is 10.9. The van der Waals surface area contributed by atoms with Crippen LogP contribution in [0.15, 0.2) is 18.2 Å². The topological polar surface area (TPSA) is 49.3 Å². The van der Waals surface area contributed by atoms with Crippen LogP contribution in [0, 0.1) is 6.92 Å². The van der Waals surface area contributed by atoms with Crippen molar-refractivity contribution in [1.82, 2.24) is 0 Å². The summed E-state index contributed by atoms with van der Waals surface area (Å²) in [6, 6.07) is 5.83. The molecule has 2 N–H and O–H groups in total. The van der Waals surface area contributed by atoms with Gasteiger partial charge in [-0.2, -0.15) is 0 Å². The highest BCUT2D eigenvalue weighted by Crippen LogP contribution is 2.17. The quantitative estimate of drug-likeness (QED) is 0.716. The van der Waals surface area contributed by atoms with Crippen molar-refractivity contribution in [3.8, 4) is 0 Å². The third kappa shape index (κ3) is 4.40. The van der Waals surface area contributed by atoms with Crippen LogP contribution < -0.4 is 5.32 Å². The Hall–Kier alpha value is -1.51. The van der Waals surface area contributed by atoms with Gasteiger partial charge in [0.05, 0.1) is 5.56 Å². The number of hydrogen-bond acceptors (Lipinski definition) is 2. The van der Waals surface area contributed by atoms with Gasteiger partial charge in [0.2, 0.25) is 0 Å². The molecule has 0 saturated carbocycles. The lowest BCUT2D eigenvalue weighted by atomic mass is 10.1. The molecule has 1 unspecified atom stereocenters. The van der Waals surface area contributed by atoms with Gasteiger partial charge in [-0.05, 0) is 44.0 Å². The minimum absolute atomic E-state index is 0.374. The zero-order chi connectivity index (χ0) is 13.5. The molecule has 100 valence electrons. The molecule has 0 aromatic heterocycles. The molecule has 0 fully saturated rings. The van der Waals surface area contributed by atoms with Gasteiger partial charge in [-0.15, -0.1) is 0 Å². The highest BCUT2D eigenvalue weighted by Gasteiger charge is 2.08. The number of carboxylic acids is 1. The van der Waals surface area contributed by atoms with E-state index in [1.165, 1.54) is 19.3 Å². The predicted octanol–water partition coefficient (Wildman–Crippen LogP) is 4.07. The van der Waals surface area contributed by atoms with Gasteiger partial charge < -0.3 is 10.4 Å². The first-order valence-electron chi connectivity index (χ1n) is 6.65. The molecule has 0 bridgehead atoms. The largest absolute Gasteiger partial charge is 0.478 e. The van der Waals surface area contributed by atoms with Crippen molar-refractivity contribution < 1.29 is 9.90 Å². The summed E-state index contributed by atoms with van der Waals surface area (Å²) in [7, 11) is 0. The number of rotatable bonds is 7. The van der Waals surface area contributed by atoms with Crippen molar-refractivity contribution in [3.05, 3.63) is 29.3 Å². The minimum Gasteiger partial charge on any atom is -0.478 e. The van der Waals surface area contributed by atoms with E-state index in [9.17, 15) is 4.79 Å². The summed E-state index contributed by atoms with van der Waals surface area (Å²) < 4.78 is 0. The molecule has 3 nitrogen and oxygen atoms in total. The van der Waals surface area contributed by atoms with Gasteiger partial charge in [0.15, 0.2) is 0 Å². The third-order valence-electron chi connectivity index (χ3n) is 3.11. The van der Waals surface area contributed by atoms with Crippen LogP contribution in [-0.2, 0) is 0 Å². The molecular formula is C15H23NO2. The van der Waals surface area contributed by atoms with Gasteiger partial charge in [-0.25, -0.2) is 4.79 Å². The van der Waals surface area contributed by atoms with Gasteiger partial charge in [0.25, 0.3) is 0 Å². The fourth-order valence-corrected chi connectivity index (χ4v) is 2.05. The molecule has 1 rings (SSSR count). The molecule has 3 heteroatoms. The lowest BCUT2D eigenvalue weighted by Gasteiger charge is -2.16. The van der Waals surface area contributed by atoms with Crippen molar-refractivity contribution in [2.75, 3.05) is 5.32 Å². The lowest BCUT2D eigenvalue weighted by Crippen LogP contribution is -2.15. The predicted molar refractivity (Wildman–Crippen MR) is 75.4 cm³/mol. The molecule has 1 aromatic rings. The zero-order valence-electron chi connectivity index (χ0n) is 11.5. The first-order valence-corrected chi connectivity index (χ1v) is 6.65. The van der Waals surface area contributed by atoms with Crippen LogP contribution in [0.25, 0.3) is 0 Å². The van der Waals surface area contributed by atoms with E-state index >= 15 is 0 Å². The van der Waals surface area contributed by atoms with Crippen LogP contribution in [0.1, 0.15) is 55.5 Å². The van der Waals surface area contributed by atoms with Crippen molar-refractivity contribution in [2.45, 2.75) is 52.5 Å². The van der Waals surface area contributed by atoms with Crippen LogP contribution in [0.2, 0.25) is 0 Å². The fraction of sp³-hybridized carbons (Fsp3) is 0.533. The molecule has 0 heterocycles. The van der Waals surface area contributed by atoms with Crippen LogP contribution >= 0.6 is 0 Å². The first kappa shape index (κ1) is 14.6. The number of hydrogen-bond donors (Lipinski definition) is 2. The maximum absolute atomic E-state index is 10.9. The van der Waals surface area contributed by atoms with Gasteiger partial charge in [0, 0.05) is 11.7 Å². The molecular weight excluding hydrogens is 226 g/mol. The molecule has 0 saturated heterocycles. The monoisotopic (exact) mass is 249 g/mol. The Labute approximate surface area is 109 Å². The Bertz CT molecular complexity index is 401. The van der Waals surface area contributed by atoms with Gasteiger partial charge in [-0.3, -0.25) is 0 Å². The molecule has 0 aliphatic rings. The number of benzene rings is 1. The smallest absolute Gasteiger partial charge is 0.335 e. The maximum Gasteiger partial charge on any atom is 0.335 e. The van der Waals surface area contributed by atoms with E-state index < -0.39 is 5.97 Å². The van der Waals surface area contributed by atoms with Crippen LogP contribution in [0.4, 0.5) is 5.69 Å². The van der Waals surface area contributed by atoms with Crippen molar-refractivity contribution in [3.63, 3.8) is 0 Å². The number of aryl methyl sites for hydroxylation is 1. The number of anilines is 1. The minimum atomic E-state index is -0.866. The second-order valence-electron chi connectivity index (χ2n) is 4.88. The van der Waals surface area contributed by atoms with Crippen molar-refractivity contribution in [2.24, 2.45) is 0 Å². The average molecular weight is 249 g/mol. The normalized spacial score (nSPS) is 12.2. The van der Waals surface area contributed by atoms with Gasteiger partial charge >= 0.3 is 5.97 Å². The van der Waals surface area contributed by atoms with Crippen LogP contribution in [0.3, 0.4) is 0 Å². The molecule has 1 atom stereocenters. The summed E-state index contributed by atoms with van der Waals surface area (Å²) in [5, 5.41) is 12.4. The Morgan fingerprint density at radius 2 is 2.11 bits per heavy atom. The summed E-state index contributed by atoms with van der Waals surface area (Å²) >= 11 is 0. The second-order valence-corrected chi connectivity index (χ2v) is 4.88. The standard InChI is InChI=1S/C15H23NO2/c1-4-5-6-7-12(3)16-13-8-9-14(15(17)18)11(2)10-13/h8-10,12,16H,4-7H2,1-3H3,(H,17,18). The van der Waals surface area contributed by atoms with E-state index in [2.05, 4.69) is 19.2 Å². The number of carboxylic acid groups (broad SMARTS) is 1. The number of nitrogens with one attached hydrogen (secondary N) is 1. The summed E-state index contributed by atoms with van der Waals surface area (Å²) in [6.45, 7) is 6.19. The van der Waals surface area contributed by atoms with E-state index in [1.807, 2.05) is 19.1 Å². The van der Waals surface area contributed by atoms with E-state index in [0.29, 0.717) is 11.6 Å². The SMILES string of the molecule is CCCCCC(C)Nc1ccc(C(=O)O)c(C)c1. The highest BCUT2D eigenvalue weighted by molar-refractivity contribution is 5.89. The fourth-order valence-electron chi connectivity index (χ4n) is 2.05. The molecule has 0 spiro atoms. The third-order valence-corrected chi connectivity index (χ3v) is 3.11. The summed E-state index contributed by atoms with van der Waals surface area (Å²) in [5.74, 6) is -0.866. The van der Waals surface area contributed by atoms with Gasteiger partial charge in [-0.1, -0.05) is 26.2 Å². The Morgan fingerprint density at radius 1 is 1.39 bits per heavy atom. The van der Waals surface area contributed by atoms with Gasteiger partial charge in [0.1, 0.15) is 0 Å². The molecule has 0 radical (unpaired) electrons. The Kier molecular flexibility index (Phi) is 5.69. The number of aromatic carboxylic acids is 1. The molecule has 0 amide bonds. The summed E-state index contributed by atoms with van der Waals surface area (Å²) in [6.07, 6.45) is 4.88. The molecule has 1 aromatic carbocycles. The van der Waals surface area contributed by atoms with E-state index in [1.54, 1.807) is 6.07 Å². The Balaban J connectivity index is 2.57. The second kappa shape index (κ2) is 7.04. The van der Waals surface area contributed by atoms with Crippen LogP contribution in [-0.4, -0.2) is 17.1 Å². The number of unbranched alkanes of at least 4 members (excludes halogenated alkanes) is 2. The molecule has 0 aliphatic carbocycles. The van der Waals surface area contributed by atoms with Crippen molar-refractivity contribution >= 4 is 11.7 Å². The molecule has 0 aliphatic heterocycles. The van der Waals surface area contributed by atoms with E-state index in [-0.39, 0.29) is 0 Å². The average Bonchev–Trinajstić information content (AvgIpc) is 2.28. The first-order chi connectivity index (χ1) is 8.54. The molecule has 18 heavy (non-hydrogen) atoms. The summed E-state index contributed by atoms with van der Waals surface area (Å²) in [4.78, 5) is 10.9.